The van der Waals surface area contributed by atoms with Crippen LogP contribution in [0.2, 0.25) is 0 Å². The molecule has 2 aromatic rings. The van der Waals surface area contributed by atoms with Gasteiger partial charge in [0.1, 0.15) is 0 Å². The number of aryl methyl sites for hydroxylation is 1. The molecule has 1 aromatic carbocycles. The van der Waals surface area contributed by atoms with Crippen molar-refractivity contribution in [3.63, 3.8) is 0 Å². The van der Waals surface area contributed by atoms with E-state index in [0.717, 1.165) is 38.5 Å². The molecule has 11 nitrogen and oxygen atoms in total. The summed E-state index contributed by atoms with van der Waals surface area (Å²) in [7, 11) is 0. The van der Waals surface area contributed by atoms with Crippen molar-refractivity contribution in [1.29, 1.82) is 0 Å². The third-order valence-corrected chi connectivity index (χ3v) is 5.78. The lowest BCUT2D eigenvalue weighted by atomic mass is 9.96. The lowest BCUT2D eigenvalue weighted by Crippen LogP contribution is -2.42. The van der Waals surface area contributed by atoms with Gasteiger partial charge in [-0.25, -0.2) is 4.79 Å². The van der Waals surface area contributed by atoms with E-state index >= 15 is 0 Å². The van der Waals surface area contributed by atoms with Gasteiger partial charge in [-0.15, -0.1) is 6.58 Å². The quantitative estimate of drug-likeness (QED) is 0.290. The maximum Gasteiger partial charge on any atom is 0.336 e. The standard InChI is InChI=1S/C20H27N3O.C6H8O7/c1-3-11-23-15-19(17(2)21-23)14-22(16-20-10-7-12-24-20)13-18-8-5-4-6-9-18;7-3(8)1-6(13,5(11)12)2-4(9)10/h3-6,8-9,15,20H,1,7,10-14,16H2,2H3;13H,1-2H2,(H,7,8)(H,9,10)(H,11,12). The Morgan fingerprint density at radius 1 is 1.16 bits per heavy atom. The van der Waals surface area contributed by atoms with Crippen LogP contribution in [0, 0.1) is 6.92 Å². The van der Waals surface area contributed by atoms with Gasteiger partial charge in [0.15, 0.2) is 5.60 Å². The molecule has 0 bridgehead atoms. The van der Waals surface area contributed by atoms with Gasteiger partial charge in [0, 0.05) is 38.0 Å². The molecule has 0 amide bonds. The van der Waals surface area contributed by atoms with E-state index in [0.29, 0.717) is 6.10 Å². The first kappa shape index (κ1) is 29.7. The summed E-state index contributed by atoms with van der Waals surface area (Å²) in [5.41, 5.74) is 0.983. The molecule has 1 atom stereocenters. The second-order valence-electron chi connectivity index (χ2n) is 9.02. The first-order chi connectivity index (χ1) is 17.5. The number of carbonyl (C=O) groups is 3. The molecule has 37 heavy (non-hydrogen) atoms. The molecule has 0 radical (unpaired) electrons. The zero-order valence-corrected chi connectivity index (χ0v) is 21.0. The highest BCUT2D eigenvalue weighted by Crippen LogP contribution is 2.19. The van der Waals surface area contributed by atoms with Crippen LogP contribution in [0.3, 0.4) is 0 Å². The maximum absolute atomic E-state index is 10.3. The molecule has 3 rings (SSSR count). The van der Waals surface area contributed by atoms with Crippen LogP contribution in [-0.4, -0.2) is 77.9 Å². The van der Waals surface area contributed by atoms with Crippen LogP contribution in [0.15, 0.2) is 49.2 Å². The number of aliphatic hydroxyl groups is 1. The summed E-state index contributed by atoms with van der Waals surface area (Å²) in [5, 5.41) is 38.4. The van der Waals surface area contributed by atoms with Crippen LogP contribution in [0.5, 0.6) is 0 Å². The highest BCUT2D eigenvalue weighted by Gasteiger charge is 2.40. The zero-order valence-electron chi connectivity index (χ0n) is 21.0. The lowest BCUT2D eigenvalue weighted by molar-refractivity contribution is -0.170. The average molecular weight is 518 g/mol. The average Bonchev–Trinajstić information content (AvgIpc) is 3.43. The molecule has 11 heteroatoms. The lowest BCUT2D eigenvalue weighted by Gasteiger charge is -2.25. The van der Waals surface area contributed by atoms with Gasteiger partial charge in [0.2, 0.25) is 0 Å². The highest BCUT2D eigenvalue weighted by molar-refractivity contribution is 5.88. The highest BCUT2D eigenvalue weighted by atomic mass is 16.5. The van der Waals surface area contributed by atoms with Crippen molar-refractivity contribution in [3.05, 3.63) is 66.0 Å². The molecule has 1 aromatic heterocycles. The normalized spacial score (nSPS) is 15.2. The predicted molar refractivity (Wildman–Crippen MR) is 134 cm³/mol. The van der Waals surface area contributed by atoms with Gasteiger partial charge < -0.3 is 25.2 Å². The van der Waals surface area contributed by atoms with Gasteiger partial charge in [-0.2, -0.15) is 5.10 Å². The third kappa shape index (κ3) is 10.2. The Balaban J connectivity index is 0.000000317. The van der Waals surface area contributed by atoms with Gasteiger partial charge in [0.25, 0.3) is 0 Å². The first-order valence-corrected chi connectivity index (χ1v) is 11.9. The number of hydrogen-bond donors (Lipinski definition) is 4. The Morgan fingerprint density at radius 2 is 1.81 bits per heavy atom. The SMILES string of the molecule is C=CCn1cc(CN(Cc2ccccc2)CC2CCCO2)c(C)n1.O=C(O)CC(O)(CC(=O)O)C(=O)O. The van der Waals surface area contributed by atoms with E-state index < -0.39 is 36.4 Å². The number of aliphatic carboxylic acids is 3. The predicted octanol–water partition coefficient (Wildman–Crippen LogP) is 2.31. The Kier molecular flexibility index (Phi) is 11.4. The van der Waals surface area contributed by atoms with Gasteiger partial charge in [0.05, 0.1) is 31.2 Å². The molecule has 1 unspecified atom stereocenters. The molecule has 1 saturated heterocycles. The van der Waals surface area contributed by atoms with Crippen molar-refractivity contribution in [2.75, 3.05) is 13.2 Å². The number of ether oxygens (including phenoxy) is 1. The Bertz CT molecular complexity index is 1030. The first-order valence-electron chi connectivity index (χ1n) is 11.9. The molecule has 0 aliphatic carbocycles. The van der Waals surface area contributed by atoms with E-state index in [2.05, 4.69) is 60.0 Å². The van der Waals surface area contributed by atoms with Crippen molar-refractivity contribution in [1.82, 2.24) is 14.7 Å². The summed E-state index contributed by atoms with van der Waals surface area (Å²) in [6.45, 7) is 10.3. The molecule has 2 heterocycles. The summed E-state index contributed by atoms with van der Waals surface area (Å²) in [5.74, 6) is -5.02. The number of aromatic nitrogens is 2. The molecule has 202 valence electrons. The molecule has 0 saturated carbocycles. The number of carboxylic acids is 3. The van der Waals surface area contributed by atoms with Crippen LogP contribution < -0.4 is 0 Å². The van der Waals surface area contributed by atoms with Gasteiger partial charge in [-0.05, 0) is 25.3 Å². The largest absolute Gasteiger partial charge is 0.481 e. The van der Waals surface area contributed by atoms with Crippen molar-refractivity contribution < 1.29 is 39.5 Å². The summed E-state index contributed by atoms with van der Waals surface area (Å²) in [6, 6.07) is 10.7. The number of allylic oxidation sites excluding steroid dienone is 1. The van der Waals surface area contributed by atoms with Crippen molar-refractivity contribution in [2.24, 2.45) is 0 Å². The van der Waals surface area contributed by atoms with E-state index in [1.54, 1.807) is 0 Å². The Hall–Kier alpha value is -3.54. The second kappa shape index (κ2) is 14.3. The number of benzene rings is 1. The van der Waals surface area contributed by atoms with Gasteiger partial charge in [-0.1, -0.05) is 36.4 Å². The van der Waals surface area contributed by atoms with E-state index in [1.165, 1.54) is 24.0 Å². The van der Waals surface area contributed by atoms with Crippen LogP contribution >= 0.6 is 0 Å². The monoisotopic (exact) mass is 517 g/mol. The minimum Gasteiger partial charge on any atom is -0.481 e. The molecule has 1 aliphatic rings. The minimum atomic E-state index is -2.74. The third-order valence-electron chi connectivity index (χ3n) is 5.78. The van der Waals surface area contributed by atoms with Crippen molar-refractivity contribution >= 4 is 17.9 Å². The molecule has 0 spiro atoms. The fraction of sp³-hybridized carbons (Fsp3) is 0.462. The summed E-state index contributed by atoms with van der Waals surface area (Å²) < 4.78 is 7.82. The number of hydrogen-bond acceptors (Lipinski definition) is 7. The summed E-state index contributed by atoms with van der Waals surface area (Å²) in [4.78, 5) is 33.0. The molecule has 1 fully saturated rings. The van der Waals surface area contributed by atoms with Gasteiger partial charge in [-0.3, -0.25) is 19.2 Å². The number of rotatable bonds is 13. The fourth-order valence-corrected chi connectivity index (χ4v) is 4.00. The molecule has 1 aliphatic heterocycles. The van der Waals surface area contributed by atoms with E-state index in [4.69, 9.17) is 25.2 Å². The fourth-order valence-electron chi connectivity index (χ4n) is 4.00. The van der Waals surface area contributed by atoms with Crippen LogP contribution in [0.1, 0.15) is 42.5 Å². The zero-order chi connectivity index (χ0) is 27.4. The topological polar surface area (TPSA) is 162 Å². The van der Waals surface area contributed by atoms with Crippen molar-refractivity contribution in [2.45, 2.75) is 63.9 Å². The van der Waals surface area contributed by atoms with E-state index in [9.17, 15) is 14.4 Å². The van der Waals surface area contributed by atoms with Crippen LogP contribution in [0.25, 0.3) is 0 Å². The molecule has 4 N–H and O–H groups in total. The van der Waals surface area contributed by atoms with Crippen LogP contribution in [-0.2, 0) is 38.8 Å². The Morgan fingerprint density at radius 3 is 2.32 bits per heavy atom. The minimum absolute atomic E-state index is 0.359. The Labute approximate surface area is 215 Å². The van der Waals surface area contributed by atoms with Crippen molar-refractivity contribution in [3.8, 4) is 0 Å². The van der Waals surface area contributed by atoms with Gasteiger partial charge >= 0.3 is 17.9 Å². The van der Waals surface area contributed by atoms with E-state index in [1.807, 2.05) is 10.8 Å². The molecular weight excluding hydrogens is 482 g/mol. The number of nitrogens with zero attached hydrogens (tertiary/aromatic N) is 3. The smallest absolute Gasteiger partial charge is 0.336 e. The number of carboxylic acid groups (broad SMARTS) is 3. The summed E-state index contributed by atoms with van der Waals surface area (Å²) in [6.07, 6.45) is 4.44. The van der Waals surface area contributed by atoms with E-state index in [-0.39, 0.29) is 0 Å². The molecular formula is C26H35N3O8. The van der Waals surface area contributed by atoms with Crippen LogP contribution in [0.4, 0.5) is 0 Å². The second-order valence-corrected chi connectivity index (χ2v) is 9.02. The summed E-state index contributed by atoms with van der Waals surface area (Å²) >= 11 is 0. The maximum atomic E-state index is 10.3.